The molecule has 82 valence electrons. The van der Waals surface area contributed by atoms with Crippen molar-refractivity contribution in [3.05, 3.63) is 20.8 Å². The van der Waals surface area contributed by atoms with Gasteiger partial charge in [-0.25, -0.2) is 0 Å². The number of piperazine rings is 1. The van der Waals surface area contributed by atoms with E-state index in [0.29, 0.717) is 0 Å². The lowest BCUT2D eigenvalue weighted by Crippen LogP contribution is -2.52. The van der Waals surface area contributed by atoms with Crippen molar-refractivity contribution in [1.82, 2.24) is 10.2 Å². The quantitative estimate of drug-likeness (QED) is 0.857. The van der Waals surface area contributed by atoms with Crippen LogP contribution in [0, 0.1) is 0 Å². The second-order valence-corrected chi connectivity index (χ2v) is 5.42. The van der Waals surface area contributed by atoms with Crippen LogP contribution in [0.3, 0.4) is 0 Å². The highest BCUT2D eigenvalue weighted by molar-refractivity contribution is 9.10. The number of rotatable bonds is 1. The molecule has 0 radical (unpaired) electrons. The highest BCUT2D eigenvalue weighted by Gasteiger charge is 2.25. The summed E-state index contributed by atoms with van der Waals surface area (Å²) >= 11 is 4.90. The third kappa shape index (κ3) is 2.24. The van der Waals surface area contributed by atoms with Crippen LogP contribution < -0.4 is 5.32 Å². The van der Waals surface area contributed by atoms with E-state index in [4.69, 9.17) is 0 Å². The zero-order chi connectivity index (χ0) is 10.8. The van der Waals surface area contributed by atoms with Crippen molar-refractivity contribution in [1.29, 1.82) is 0 Å². The van der Waals surface area contributed by atoms with Crippen LogP contribution in [0.25, 0.3) is 0 Å². The summed E-state index contributed by atoms with van der Waals surface area (Å²) < 4.78 is 0.906. The van der Waals surface area contributed by atoms with Crippen LogP contribution in [0.2, 0.25) is 0 Å². The number of nitrogens with one attached hydrogen (secondary N) is 1. The van der Waals surface area contributed by atoms with E-state index in [9.17, 15) is 4.79 Å². The van der Waals surface area contributed by atoms with Crippen LogP contribution in [0.4, 0.5) is 0 Å². The maximum absolute atomic E-state index is 12.2. The van der Waals surface area contributed by atoms with E-state index in [1.54, 1.807) is 0 Å². The molecular weight excluding hydrogens is 276 g/mol. The van der Waals surface area contributed by atoms with E-state index in [1.165, 1.54) is 11.3 Å². The van der Waals surface area contributed by atoms with Gasteiger partial charge in [0, 0.05) is 30.1 Å². The van der Waals surface area contributed by atoms with Crippen molar-refractivity contribution >= 4 is 33.2 Å². The van der Waals surface area contributed by atoms with Crippen molar-refractivity contribution in [2.45, 2.75) is 13.0 Å². The first-order chi connectivity index (χ1) is 7.20. The molecule has 2 rings (SSSR count). The zero-order valence-corrected chi connectivity index (χ0v) is 10.9. The number of amides is 1. The average molecular weight is 289 g/mol. The van der Waals surface area contributed by atoms with Gasteiger partial charge in [0.1, 0.15) is 4.88 Å². The van der Waals surface area contributed by atoms with Gasteiger partial charge in [-0.1, -0.05) is 0 Å². The molecule has 0 saturated carbocycles. The molecule has 0 unspecified atom stereocenters. The first-order valence-corrected chi connectivity index (χ1v) is 6.62. The van der Waals surface area contributed by atoms with Crippen molar-refractivity contribution in [2.75, 3.05) is 19.6 Å². The van der Waals surface area contributed by atoms with E-state index in [-0.39, 0.29) is 11.9 Å². The van der Waals surface area contributed by atoms with Gasteiger partial charge < -0.3 is 10.2 Å². The fourth-order valence-corrected chi connectivity index (χ4v) is 3.22. The Morgan fingerprint density at radius 3 is 3.13 bits per heavy atom. The Hall–Kier alpha value is -0.390. The van der Waals surface area contributed by atoms with Crippen molar-refractivity contribution < 1.29 is 4.79 Å². The van der Waals surface area contributed by atoms with Crippen LogP contribution in [0.5, 0.6) is 0 Å². The summed E-state index contributed by atoms with van der Waals surface area (Å²) in [5, 5.41) is 5.21. The van der Waals surface area contributed by atoms with Crippen molar-refractivity contribution in [3.8, 4) is 0 Å². The standard InChI is InChI=1S/C10H13BrN2OS/c1-7-6-12-3-4-13(7)10(14)9-8(11)2-5-15-9/h2,5,7,12H,3-4,6H2,1H3/t7-/m1/s1. The summed E-state index contributed by atoms with van der Waals surface area (Å²) in [7, 11) is 0. The summed E-state index contributed by atoms with van der Waals surface area (Å²) in [5.74, 6) is 0.144. The number of halogens is 1. The Labute approximate surface area is 102 Å². The van der Waals surface area contributed by atoms with Gasteiger partial charge in [-0.3, -0.25) is 4.79 Å². The van der Waals surface area contributed by atoms with Crippen molar-refractivity contribution in [2.24, 2.45) is 0 Å². The number of hydrogen-bond acceptors (Lipinski definition) is 3. The third-order valence-electron chi connectivity index (χ3n) is 2.57. The second-order valence-electron chi connectivity index (χ2n) is 3.65. The zero-order valence-electron chi connectivity index (χ0n) is 8.50. The maximum atomic E-state index is 12.2. The minimum Gasteiger partial charge on any atom is -0.333 e. The lowest BCUT2D eigenvalue weighted by molar-refractivity contribution is 0.0660. The molecule has 0 aliphatic carbocycles. The minimum atomic E-state index is 0.144. The lowest BCUT2D eigenvalue weighted by Gasteiger charge is -2.33. The van der Waals surface area contributed by atoms with E-state index >= 15 is 0 Å². The number of thiophene rings is 1. The van der Waals surface area contributed by atoms with Gasteiger partial charge in [0.25, 0.3) is 5.91 Å². The summed E-state index contributed by atoms with van der Waals surface area (Å²) in [6.45, 7) is 4.64. The number of carbonyl (C=O) groups excluding carboxylic acids is 1. The number of hydrogen-bond donors (Lipinski definition) is 1. The van der Waals surface area contributed by atoms with Gasteiger partial charge in [0.2, 0.25) is 0 Å². The van der Waals surface area contributed by atoms with Gasteiger partial charge in [-0.15, -0.1) is 11.3 Å². The summed E-state index contributed by atoms with van der Waals surface area (Å²) in [6, 6.07) is 2.20. The normalized spacial score (nSPS) is 21.7. The molecule has 1 aliphatic rings. The Bertz CT molecular complexity index is 366. The molecule has 1 atom stereocenters. The van der Waals surface area contributed by atoms with Crippen LogP contribution in [0.1, 0.15) is 16.6 Å². The molecule has 1 aromatic heterocycles. The molecule has 1 N–H and O–H groups in total. The molecule has 1 aliphatic heterocycles. The van der Waals surface area contributed by atoms with E-state index in [0.717, 1.165) is 29.0 Å². The molecule has 1 saturated heterocycles. The number of nitrogens with zero attached hydrogens (tertiary/aromatic N) is 1. The molecule has 5 heteroatoms. The van der Waals surface area contributed by atoms with Crippen LogP contribution in [-0.2, 0) is 0 Å². The molecule has 0 spiro atoms. The molecule has 1 aromatic rings. The van der Waals surface area contributed by atoms with E-state index < -0.39 is 0 Å². The van der Waals surface area contributed by atoms with Crippen LogP contribution in [-0.4, -0.2) is 36.5 Å². The predicted molar refractivity (Wildman–Crippen MR) is 65.4 cm³/mol. The Morgan fingerprint density at radius 1 is 1.73 bits per heavy atom. The van der Waals surface area contributed by atoms with Crippen molar-refractivity contribution in [3.63, 3.8) is 0 Å². The Balaban J connectivity index is 2.17. The number of carbonyl (C=O) groups is 1. The second kappa shape index (κ2) is 4.63. The highest BCUT2D eigenvalue weighted by atomic mass is 79.9. The topological polar surface area (TPSA) is 32.3 Å². The van der Waals surface area contributed by atoms with Gasteiger partial charge in [-0.2, -0.15) is 0 Å². The summed E-state index contributed by atoms with van der Waals surface area (Å²) in [5.41, 5.74) is 0. The summed E-state index contributed by atoms with van der Waals surface area (Å²) in [6.07, 6.45) is 0. The first-order valence-electron chi connectivity index (χ1n) is 4.95. The highest BCUT2D eigenvalue weighted by Crippen LogP contribution is 2.25. The third-order valence-corrected chi connectivity index (χ3v) is 4.40. The fourth-order valence-electron chi connectivity index (χ4n) is 1.72. The molecule has 15 heavy (non-hydrogen) atoms. The summed E-state index contributed by atoms with van der Waals surface area (Å²) in [4.78, 5) is 14.9. The monoisotopic (exact) mass is 288 g/mol. The Kier molecular flexibility index (Phi) is 3.43. The SMILES string of the molecule is C[C@@H]1CNCCN1C(=O)c1sccc1Br. The molecule has 2 heterocycles. The van der Waals surface area contributed by atoms with Crippen LogP contribution >= 0.6 is 27.3 Å². The predicted octanol–water partition coefficient (Wildman–Crippen LogP) is 1.94. The molecule has 3 nitrogen and oxygen atoms in total. The van der Waals surface area contributed by atoms with Gasteiger partial charge in [0.05, 0.1) is 0 Å². The molecule has 0 bridgehead atoms. The molecule has 0 aromatic carbocycles. The maximum Gasteiger partial charge on any atom is 0.265 e. The largest absolute Gasteiger partial charge is 0.333 e. The Morgan fingerprint density at radius 2 is 2.53 bits per heavy atom. The lowest BCUT2D eigenvalue weighted by atomic mass is 10.2. The smallest absolute Gasteiger partial charge is 0.265 e. The molecule has 1 amide bonds. The fraction of sp³-hybridized carbons (Fsp3) is 0.500. The molecule has 1 fully saturated rings. The average Bonchev–Trinajstić information content (AvgIpc) is 2.64. The van der Waals surface area contributed by atoms with Crippen LogP contribution in [0.15, 0.2) is 15.9 Å². The molecular formula is C10H13BrN2OS. The van der Waals surface area contributed by atoms with Gasteiger partial charge >= 0.3 is 0 Å². The van der Waals surface area contributed by atoms with E-state index in [2.05, 4.69) is 28.2 Å². The first kappa shape index (κ1) is 11.1. The van der Waals surface area contributed by atoms with Gasteiger partial charge in [-0.05, 0) is 34.3 Å². The van der Waals surface area contributed by atoms with E-state index in [1.807, 2.05) is 16.3 Å². The minimum absolute atomic E-state index is 0.144. The van der Waals surface area contributed by atoms with Gasteiger partial charge in [0.15, 0.2) is 0 Å².